The molecule has 2 heterocycles. The first kappa shape index (κ1) is 21.8. The Morgan fingerprint density at radius 2 is 1.88 bits per heavy atom. The van der Waals surface area contributed by atoms with Crippen molar-refractivity contribution in [2.45, 2.75) is 19.0 Å². The molecule has 8 heteroatoms. The lowest BCUT2D eigenvalue weighted by molar-refractivity contribution is -0.695. The van der Waals surface area contributed by atoms with Gasteiger partial charge in [-0.3, -0.25) is 14.6 Å². The van der Waals surface area contributed by atoms with E-state index in [0.29, 0.717) is 30.8 Å². The minimum absolute atomic E-state index is 0.0942. The summed E-state index contributed by atoms with van der Waals surface area (Å²) in [6.45, 7) is 1.07. The summed E-state index contributed by atoms with van der Waals surface area (Å²) in [5.41, 5.74) is 1.31. The van der Waals surface area contributed by atoms with Crippen molar-refractivity contribution in [3.8, 4) is 5.75 Å². The number of hydrogen-bond donors (Lipinski definition) is 2. The number of benzene rings is 2. The van der Waals surface area contributed by atoms with Crippen LogP contribution in [0.4, 0.5) is 0 Å². The van der Waals surface area contributed by atoms with Crippen molar-refractivity contribution in [2.24, 2.45) is 0 Å². The maximum Gasteiger partial charge on any atom is 0.295 e. The highest BCUT2D eigenvalue weighted by Gasteiger charge is 2.45. The summed E-state index contributed by atoms with van der Waals surface area (Å²) in [6.07, 6.45) is 6.22. The van der Waals surface area contributed by atoms with Crippen molar-refractivity contribution in [2.75, 3.05) is 13.7 Å². The molecular weight excluding hydrogens is 474 g/mol. The first-order valence-electron chi connectivity index (χ1n) is 10.2. The third-order valence-corrected chi connectivity index (χ3v) is 6.04. The third-order valence-electron chi connectivity index (χ3n) is 5.51. The first-order valence-corrected chi connectivity index (χ1v) is 11.0. The van der Waals surface area contributed by atoms with Crippen LogP contribution in [0, 0.1) is 0 Å². The average Bonchev–Trinajstić information content (AvgIpc) is 3.41. The minimum Gasteiger partial charge on any atom is -0.507 e. The lowest BCUT2D eigenvalue weighted by Crippen LogP contribution is -2.36. The van der Waals surface area contributed by atoms with Gasteiger partial charge >= 0.3 is 0 Å². The Morgan fingerprint density at radius 3 is 2.50 bits per heavy atom. The van der Waals surface area contributed by atoms with Crippen LogP contribution < -0.4 is 9.30 Å². The van der Waals surface area contributed by atoms with E-state index in [4.69, 9.17) is 4.74 Å². The van der Waals surface area contributed by atoms with Crippen LogP contribution in [0.25, 0.3) is 5.76 Å². The molecule has 1 atom stereocenters. The highest BCUT2D eigenvalue weighted by atomic mass is 79.9. The first-order chi connectivity index (χ1) is 15.5. The standard InChI is InChI=1S/C24H22BrN3O4/c1-32-19-9-5-17(6-10-19)22(29)20-21(16-3-7-18(25)8-4-16)28(24(31)23(20)30)13-2-12-27-14-11-26-15-27/h3-11,14-15,21H,2,12-13H2,1H3,(H,29,30)/p+1. The lowest BCUT2D eigenvalue weighted by Gasteiger charge is -2.25. The number of aryl methyl sites for hydroxylation is 1. The van der Waals surface area contributed by atoms with Crippen LogP contribution in [-0.2, 0) is 16.1 Å². The van der Waals surface area contributed by atoms with E-state index >= 15 is 0 Å². The molecule has 0 radical (unpaired) electrons. The number of aromatic nitrogens is 2. The Hall–Kier alpha value is -3.39. The normalized spacial score (nSPS) is 17.7. The van der Waals surface area contributed by atoms with Gasteiger partial charge in [-0.25, -0.2) is 4.57 Å². The molecule has 1 unspecified atom stereocenters. The summed E-state index contributed by atoms with van der Waals surface area (Å²) >= 11 is 3.42. The zero-order chi connectivity index (χ0) is 22.7. The van der Waals surface area contributed by atoms with E-state index in [-0.39, 0.29) is 11.3 Å². The number of halogens is 1. The van der Waals surface area contributed by atoms with Crippen LogP contribution in [0.5, 0.6) is 5.75 Å². The summed E-state index contributed by atoms with van der Waals surface area (Å²) < 4.78 is 8.03. The van der Waals surface area contributed by atoms with E-state index in [9.17, 15) is 14.7 Å². The van der Waals surface area contributed by atoms with Crippen molar-refractivity contribution in [1.29, 1.82) is 0 Å². The molecule has 4 rings (SSSR count). The Bertz CT molecular complexity index is 1140. The van der Waals surface area contributed by atoms with Gasteiger partial charge in [0, 0.05) is 23.0 Å². The molecule has 2 N–H and O–H groups in total. The molecule has 1 amide bonds. The number of carbonyl (C=O) groups excluding carboxylic acids is 2. The highest BCUT2D eigenvalue weighted by molar-refractivity contribution is 9.10. The number of aliphatic hydroxyl groups excluding tert-OH is 1. The fourth-order valence-electron chi connectivity index (χ4n) is 3.89. The van der Waals surface area contributed by atoms with Crippen LogP contribution in [0.15, 0.2) is 77.3 Å². The van der Waals surface area contributed by atoms with Gasteiger partial charge in [-0.05, 0) is 42.0 Å². The van der Waals surface area contributed by atoms with E-state index in [2.05, 4.69) is 20.9 Å². The van der Waals surface area contributed by atoms with Crippen LogP contribution in [0.2, 0.25) is 0 Å². The molecule has 1 aliphatic rings. The molecule has 7 nitrogen and oxygen atoms in total. The van der Waals surface area contributed by atoms with Crippen molar-refractivity contribution in [1.82, 2.24) is 9.88 Å². The van der Waals surface area contributed by atoms with Gasteiger partial charge in [0.25, 0.3) is 11.7 Å². The summed E-state index contributed by atoms with van der Waals surface area (Å²) in [4.78, 5) is 30.6. The maximum absolute atomic E-state index is 13.0. The fraction of sp³-hybridized carbons (Fsp3) is 0.208. The zero-order valence-electron chi connectivity index (χ0n) is 17.5. The number of ketones is 1. The molecule has 1 aliphatic heterocycles. The summed E-state index contributed by atoms with van der Waals surface area (Å²) in [6, 6.07) is 13.5. The minimum atomic E-state index is -0.680. The van der Waals surface area contributed by atoms with Gasteiger partial charge in [-0.1, -0.05) is 28.1 Å². The number of imidazole rings is 1. The fourth-order valence-corrected chi connectivity index (χ4v) is 4.15. The molecule has 32 heavy (non-hydrogen) atoms. The lowest BCUT2D eigenvalue weighted by atomic mass is 9.95. The number of nitrogens with zero attached hydrogens (tertiary/aromatic N) is 2. The molecule has 2 aromatic carbocycles. The smallest absolute Gasteiger partial charge is 0.295 e. The maximum atomic E-state index is 13.0. The number of carbonyl (C=O) groups is 2. The van der Waals surface area contributed by atoms with E-state index in [1.165, 1.54) is 0 Å². The second-order valence-electron chi connectivity index (χ2n) is 7.48. The Kier molecular flexibility index (Phi) is 6.41. The Balaban J connectivity index is 1.71. The molecule has 1 fully saturated rings. The average molecular weight is 497 g/mol. The van der Waals surface area contributed by atoms with Gasteiger partial charge in [0.1, 0.15) is 23.9 Å². The van der Waals surface area contributed by atoms with E-state index in [1.807, 2.05) is 47.6 Å². The number of nitrogens with one attached hydrogen (secondary N) is 1. The number of Topliss-reactive ketones (excluding diaryl/α,β-unsaturated/α-hetero) is 1. The van der Waals surface area contributed by atoms with Crippen LogP contribution in [-0.4, -0.2) is 40.3 Å². The molecule has 1 saturated heterocycles. The number of likely N-dealkylation sites (tertiary alicyclic amines) is 1. The number of aromatic amines is 1. The summed E-state index contributed by atoms with van der Waals surface area (Å²) in [7, 11) is 1.56. The summed E-state index contributed by atoms with van der Waals surface area (Å²) in [5.74, 6) is -0.845. The van der Waals surface area contributed by atoms with Crippen LogP contribution in [0.1, 0.15) is 23.6 Å². The predicted molar refractivity (Wildman–Crippen MR) is 122 cm³/mol. The second-order valence-corrected chi connectivity index (χ2v) is 8.39. The van der Waals surface area contributed by atoms with Crippen molar-refractivity contribution in [3.05, 3.63) is 88.4 Å². The van der Waals surface area contributed by atoms with Crippen molar-refractivity contribution >= 4 is 33.4 Å². The molecule has 1 aromatic heterocycles. The quantitative estimate of drug-likeness (QED) is 0.226. The second kappa shape index (κ2) is 9.40. The molecule has 0 spiro atoms. The molecule has 3 aromatic rings. The number of H-pyrrole nitrogens is 1. The zero-order valence-corrected chi connectivity index (χ0v) is 19.1. The third kappa shape index (κ3) is 4.31. The van der Waals surface area contributed by atoms with Crippen LogP contribution in [0.3, 0.4) is 0 Å². The molecule has 0 bridgehead atoms. The number of amides is 1. The Morgan fingerprint density at radius 1 is 1.16 bits per heavy atom. The van der Waals surface area contributed by atoms with E-state index in [0.717, 1.165) is 10.0 Å². The van der Waals surface area contributed by atoms with E-state index < -0.39 is 17.7 Å². The van der Waals surface area contributed by atoms with Gasteiger partial charge in [0.05, 0.1) is 25.3 Å². The van der Waals surface area contributed by atoms with Crippen molar-refractivity contribution in [3.63, 3.8) is 0 Å². The number of rotatable bonds is 7. The molecule has 164 valence electrons. The van der Waals surface area contributed by atoms with Gasteiger partial charge < -0.3 is 14.7 Å². The number of hydrogen-bond acceptors (Lipinski definition) is 4. The van der Waals surface area contributed by atoms with Gasteiger partial charge in [-0.15, -0.1) is 0 Å². The van der Waals surface area contributed by atoms with Gasteiger partial charge in [0.15, 0.2) is 0 Å². The number of aliphatic hydroxyl groups is 1. The van der Waals surface area contributed by atoms with Crippen LogP contribution >= 0.6 is 15.9 Å². The SMILES string of the molecule is COc1ccc(C(O)=C2C(=O)C(=O)N(CCC[n+]3cc[nH]c3)C2c2ccc(Br)cc2)cc1. The van der Waals surface area contributed by atoms with Crippen molar-refractivity contribution < 1.29 is 24.0 Å². The van der Waals surface area contributed by atoms with E-state index in [1.54, 1.807) is 36.3 Å². The van der Waals surface area contributed by atoms with Gasteiger partial charge in [-0.2, -0.15) is 0 Å². The van der Waals surface area contributed by atoms with Gasteiger partial charge in [0.2, 0.25) is 6.33 Å². The Labute approximate surface area is 194 Å². The predicted octanol–water partition coefficient (Wildman–Crippen LogP) is 3.59. The molecule has 0 aliphatic carbocycles. The topological polar surface area (TPSA) is 86.5 Å². The largest absolute Gasteiger partial charge is 0.507 e. The number of ether oxygens (including phenoxy) is 1. The monoisotopic (exact) mass is 496 g/mol. The molecular formula is C24H23BrN3O4+. The number of methoxy groups -OCH3 is 1. The molecule has 0 saturated carbocycles. The highest BCUT2D eigenvalue weighted by Crippen LogP contribution is 2.39. The summed E-state index contributed by atoms with van der Waals surface area (Å²) in [5, 5.41) is 11.1.